The molecular weight excluding hydrogens is 420 g/mol. The first-order valence-electron chi connectivity index (χ1n) is 9.74. The number of benzene rings is 1. The Morgan fingerprint density at radius 1 is 1.26 bits per heavy atom. The monoisotopic (exact) mass is 444 g/mol. The minimum absolute atomic E-state index is 0.0413. The summed E-state index contributed by atoms with van der Waals surface area (Å²) in [6, 6.07) is 6.98. The molecule has 3 rings (SSSR count). The van der Waals surface area contributed by atoms with E-state index in [0.29, 0.717) is 10.7 Å². The van der Waals surface area contributed by atoms with Crippen LogP contribution < -0.4 is 10.6 Å². The molecule has 10 heteroatoms. The number of nitrogens with zero attached hydrogens (tertiary/aromatic N) is 2. The van der Waals surface area contributed by atoms with Crippen LogP contribution in [0, 0.1) is 6.92 Å². The molecule has 1 saturated heterocycles. The predicted octanol–water partition coefficient (Wildman–Crippen LogP) is 2.40. The van der Waals surface area contributed by atoms with Crippen molar-refractivity contribution in [3.05, 3.63) is 45.9 Å². The van der Waals surface area contributed by atoms with Gasteiger partial charge in [-0.1, -0.05) is 18.2 Å². The van der Waals surface area contributed by atoms with Crippen LogP contribution in [0.4, 0.5) is 10.5 Å². The van der Waals surface area contributed by atoms with Crippen LogP contribution in [-0.2, 0) is 32.1 Å². The highest BCUT2D eigenvalue weighted by Gasteiger charge is 2.44. The van der Waals surface area contributed by atoms with Gasteiger partial charge in [-0.2, -0.15) is 0 Å². The molecule has 1 aromatic heterocycles. The van der Waals surface area contributed by atoms with Gasteiger partial charge in [0.25, 0.3) is 5.91 Å². The fraction of sp³-hybridized carbons (Fsp3) is 0.381. The van der Waals surface area contributed by atoms with E-state index in [2.05, 4.69) is 15.6 Å². The Labute approximate surface area is 183 Å². The highest BCUT2D eigenvalue weighted by atomic mass is 32.1. The lowest BCUT2D eigenvalue weighted by Gasteiger charge is -2.15. The molecule has 31 heavy (non-hydrogen) atoms. The second kappa shape index (κ2) is 9.25. The molecule has 164 valence electrons. The maximum absolute atomic E-state index is 12.2. The molecule has 1 aromatic carbocycles. The lowest BCUT2D eigenvalue weighted by molar-refractivity contribution is -0.145. The van der Waals surface area contributed by atoms with Crippen LogP contribution in [0.15, 0.2) is 29.6 Å². The molecule has 2 N–H and O–H groups in total. The maximum Gasteiger partial charge on any atom is 0.325 e. The second-order valence-electron chi connectivity index (χ2n) is 7.70. The Bertz CT molecular complexity index is 1020. The molecule has 9 nitrogen and oxygen atoms in total. The van der Waals surface area contributed by atoms with Gasteiger partial charge < -0.3 is 15.4 Å². The molecular formula is C21H24N4O5S. The summed E-state index contributed by atoms with van der Waals surface area (Å²) in [5.41, 5.74) is 1.29. The van der Waals surface area contributed by atoms with Crippen LogP contribution in [0.1, 0.15) is 36.5 Å². The number of carbonyl (C=O) groups excluding carboxylic acids is 4. The predicted molar refractivity (Wildman–Crippen MR) is 114 cm³/mol. The summed E-state index contributed by atoms with van der Waals surface area (Å²) in [7, 11) is 0. The topological polar surface area (TPSA) is 118 Å². The molecule has 1 aliphatic heterocycles. The SMILES string of the molecule is Cc1ccccc1NC(=O)Cc1nc(COC(=O)CCN2C(=O)NC(C)(C)C2=O)cs1. The van der Waals surface area contributed by atoms with Crippen molar-refractivity contribution in [2.45, 2.75) is 45.8 Å². The number of esters is 1. The molecule has 4 amide bonds. The van der Waals surface area contributed by atoms with Crippen molar-refractivity contribution in [3.63, 3.8) is 0 Å². The van der Waals surface area contributed by atoms with Gasteiger partial charge in [-0.3, -0.25) is 19.3 Å². The van der Waals surface area contributed by atoms with Crippen LogP contribution in [0.2, 0.25) is 0 Å². The number of amides is 4. The lowest BCUT2D eigenvalue weighted by Crippen LogP contribution is -2.40. The molecule has 0 spiro atoms. The zero-order valence-corrected chi connectivity index (χ0v) is 18.4. The zero-order valence-electron chi connectivity index (χ0n) is 17.6. The van der Waals surface area contributed by atoms with Crippen molar-refractivity contribution in [2.24, 2.45) is 0 Å². The van der Waals surface area contributed by atoms with Crippen molar-refractivity contribution >= 4 is 40.8 Å². The van der Waals surface area contributed by atoms with Gasteiger partial charge in [0, 0.05) is 17.6 Å². The molecule has 0 saturated carbocycles. The molecule has 0 bridgehead atoms. The molecule has 1 fully saturated rings. The fourth-order valence-electron chi connectivity index (χ4n) is 2.99. The molecule has 0 unspecified atom stereocenters. The number of aryl methyl sites for hydroxylation is 1. The van der Waals surface area contributed by atoms with Gasteiger partial charge in [0.2, 0.25) is 5.91 Å². The highest BCUT2D eigenvalue weighted by molar-refractivity contribution is 7.09. The Morgan fingerprint density at radius 2 is 2.00 bits per heavy atom. The molecule has 0 radical (unpaired) electrons. The Balaban J connectivity index is 1.43. The molecule has 1 aliphatic rings. The quantitative estimate of drug-likeness (QED) is 0.477. The van der Waals surface area contributed by atoms with E-state index in [0.717, 1.165) is 16.2 Å². The normalized spacial score (nSPS) is 15.0. The van der Waals surface area contributed by atoms with Crippen molar-refractivity contribution in [1.29, 1.82) is 0 Å². The first-order chi connectivity index (χ1) is 14.7. The van der Waals surface area contributed by atoms with Crippen molar-refractivity contribution < 1.29 is 23.9 Å². The summed E-state index contributed by atoms with van der Waals surface area (Å²) in [4.78, 5) is 53.5. The first-order valence-corrected chi connectivity index (χ1v) is 10.6. The van der Waals surface area contributed by atoms with Gasteiger partial charge >= 0.3 is 12.0 Å². The van der Waals surface area contributed by atoms with E-state index < -0.39 is 17.5 Å². The van der Waals surface area contributed by atoms with Crippen LogP contribution in [0.25, 0.3) is 0 Å². The summed E-state index contributed by atoms with van der Waals surface area (Å²) < 4.78 is 5.18. The summed E-state index contributed by atoms with van der Waals surface area (Å²) in [5.74, 6) is -1.10. The van der Waals surface area contributed by atoms with Gasteiger partial charge in [0.15, 0.2) is 0 Å². The third-order valence-electron chi connectivity index (χ3n) is 4.70. The number of anilines is 1. The van der Waals surface area contributed by atoms with E-state index in [1.807, 2.05) is 31.2 Å². The number of carbonyl (C=O) groups is 4. The average molecular weight is 445 g/mol. The second-order valence-corrected chi connectivity index (χ2v) is 8.64. The summed E-state index contributed by atoms with van der Waals surface area (Å²) in [5, 5.41) is 7.74. The number of rotatable bonds is 8. The standard InChI is InChI=1S/C21H24N4O5S/c1-13-6-4-5-7-15(13)23-16(26)10-17-22-14(12-31-17)11-30-18(27)8-9-25-19(28)21(2,3)24-20(25)29/h4-7,12H,8-11H2,1-3H3,(H,23,26)(H,24,29). The molecule has 2 aromatic rings. The van der Waals surface area contributed by atoms with E-state index in [1.165, 1.54) is 11.3 Å². The highest BCUT2D eigenvalue weighted by Crippen LogP contribution is 2.18. The van der Waals surface area contributed by atoms with Gasteiger partial charge in [-0.15, -0.1) is 11.3 Å². The van der Waals surface area contributed by atoms with E-state index >= 15 is 0 Å². The van der Waals surface area contributed by atoms with Crippen molar-refractivity contribution in [1.82, 2.24) is 15.2 Å². The molecule has 0 atom stereocenters. The number of hydrogen-bond acceptors (Lipinski definition) is 7. The average Bonchev–Trinajstić information content (AvgIpc) is 3.22. The number of hydrogen-bond donors (Lipinski definition) is 2. The summed E-state index contributed by atoms with van der Waals surface area (Å²) >= 11 is 1.31. The van der Waals surface area contributed by atoms with E-state index in [1.54, 1.807) is 19.2 Å². The van der Waals surface area contributed by atoms with E-state index in [4.69, 9.17) is 4.74 Å². The van der Waals surface area contributed by atoms with Crippen LogP contribution >= 0.6 is 11.3 Å². The zero-order chi connectivity index (χ0) is 22.6. The number of imide groups is 1. The summed E-state index contributed by atoms with van der Waals surface area (Å²) in [6.45, 7) is 5.03. The van der Waals surface area contributed by atoms with E-state index in [-0.39, 0.29) is 37.8 Å². The van der Waals surface area contributed by atoms with Gasteiger partial charge in [-0.25, -0.2) is 9.78 Å². The number of urea groups is 1. The van der Waals surface area contributed by atoms with Gasteiger partial charge in [0.1, 0.15) is 17.2 Å². The molecule has 2 heterocycles. The third-order valence-corrected chi connectivity index (χ3v) is 5.59. The van der Waals surface area contributed by atoms with Crippen LogP contribution in [0.5, 0.6) is 0 Å². The number of thiazole rings is 1. The number of aromatic nitrogens is 1. The van der Waals surface area contributed by atoms with E-state index in [9.17, 15) is 19.2 Å². The van der Waals surface area contributed by atoms with Crippen molar-refractivity contribution in [2.75, 3.05) is 11.9 Å². The largest absolute Gasteiger partial charge is 0.459 e. The number of ether oxygens (including phenoxy) is 1. The third kappa shape index (κ3) is 5.66. The Hall–Kier alpha value is -3.27. The minimum Gasteiger partial charge on any atom is -0.459 e. The fourth-order valence-corrected chi connectivity index (χ4v) is 3.77. The van der Waals surface area contributed by atoms with Crippen LogP contribution in [-0.4, -0.2) is 45.8 Å². The van der Waals surface area contributed by atoms with Crippen molar-refractivity contribution in [3.8, 4) is 0 Å². The smallest absolute Gasteiger partial charge is 0.325 e. The Morgan fingerprint density at radius 3 is 2.68 bits per heavy atom. The van der Waals surface area contributed by atoms with Crippen LogP contribution in [0.3, 0.4) is 0 Å². The maximum atomic E-state index is 12.2. The first kappa shape index (κ1) is 22.4. The van der Waals surface area contributed by atoms with Gasteiger partial charge in [0.05, 0.1) is 18.5 Å². The lowest BCUT2D eigenvalue weighted by atomic mass is 10.1. The molecule has 0 aliphatic carbocycles. The van der Waals surface area contributed by atoms with Gasteiger partial charge in [-0.05, 0) is 32.4 Å². The minimum atomic E-state index is -0.969. The Kier molecular flexibility index (Phi) is 6.69. The summed E-state index contributed by atoms with van der Waals surface area (Å²) in [6.07, 6.45) is 0.0139. The number of para-hydroxylation sites is 1. The number of nitrogens with one attached hydrogen (secondary N) is 2.